The summed E-state index contributed by atoms with van der Waals surface area (Å²) in [4.78, 5) is 37.3. The molecule has 0 aliphatic heterocycles. The van der Waals surface area contributed by atoms with Crippen molar-refractivity contribution in [1.82, 2.24) is 9.88 Å². The molecule has 1 aromatic heterocycles. The number of thiazole rings is 1. The molecular weight excluding hydrogens is 412 g/mol. The minimum atomic E-state index is -0.541. The van der Waals surface area contributed by atoms with E-state index in [4.69, 9.17) is 4.74 Å². The fourth-order valence-corrected chi connectivity index (χ4v) is 3.86. The molecule has 2 rings (SSSR count). The van der Waals surface area contributed by atoms with Gasteiger partial charge in [-0.05, 0) is 35.5 Å². The summed E-state index contributed by atoms with van der Waals surface area (Å²) in [6.45, 7) is 12.7. The molecule has 0 aliphatic carbocycles. The van der Waals surface area contributed by atoms with E-state index in [1.807, 2.05) is 38.1 Å². The van der Waals surface area contributed by atoms with Gasteiger partial charge in [0.1, 0.15) is 11.2 Å². The molecule has 0 atom stereocenters. The van der Waals surface area contributed by atoms with E-state index < -0.39 is 5.97 Å². The van der Waals surface area contributed by atoms with E-state index in [9.17, 15) is 14.4 Å². The summed E-state index contributed by atoms with van der Waals surface area (Å²) in [5.74, 6) is -0.511. The lowest BCUT2D eigenvalue weighted by Gasteiger charge is -2.18. The van der Waals surface area contributed by atoms with Gasteiger partial charge in [-0.1, -0.05) is 58.9 Å². The number of aromatic nitrogens is 1. The lowest BCUT2D eigenvalue weighted by molar-refractivity contribution is -0.135. The highest BCUT2D eigenvalue weighted by atomic mass is 32.1. The molecule has 1 heterocycles. The normalized spacial score (nSPS) is 13.0. The average Bonchev–Trinajstić information content (AvgIpc) is 2.95. The summed E-state index contributed by atoms with van der Waals surface area (Å²) in [5, 5.41) is 2.81. The topological polar surface area (TPSA) is 77.4 Å². The first-order chi connectivity index (χ1) is 14.5. The molecule has 0 spiro atoms. The molecule has 0 aliphatic rings. The minimum absolute atomic E-state index is 0.0410. The number of nitrogens with one attached hydrogen (secondary N) is 1. The standard InChI is InChI=1S/C24H32N2O4S/c1-7-30-22(28)13-21-26(15-20(27)25-14-16(2)3)23(29)19(31-21)12-17-8-10-18(11-9-17)24(4,5)6/h8-13,16H,7,14-15H2,1-6H3,(H,25,27)/b19-12+,21-13-. The largest absolute Gasteiger partial charge is 0.463 e. The molecule has 1 amide bonds. The second-order valence-electron chi connectivity index (χ2n) is 8.81. The Bertz CT molecular complexity index is 1090. The average molecular weight is 445 g/mol. The molecule has 0 unspecified atom stereocenters. The molecule has 6 nitrogen and oxygen atoms in total. The Morgan fingerprint density at radius 2 is 1.84 bits per heavy atom. The van der Waals surface area contributed by atoms with Gasteiger partial charge in [0, 0.05) is 6.54 Å². The number of rotatable bonds is 7. The summed E-state index contributed by atoms with van der Waals surface area (Å²) >= 11 is 1.17. The van der Waals surface area contributed by atoms with E-state index in [-0.39, 0.29) is 30.0 Å². The summed E-state index contributed by atoms with van der Waals surface area (Å²) in [6, 6.07) is 8.02. The van der Waals surface area contributed by atoms with Gasteiger partial charge in [-0.25, -0.2) is 4.79 Å². The number of carbonyl (C=O) groups excluding carboxylic acids is 2. The first kappa shape index (κ1) is 24.6. The zero-order chi connectivity index (χ0) is 23.2. The first-order valence-corrected chi connectivity index (χ1v) is 11.3. The van der Waals surface area contributed by atoms with Crippen LogP contribution >= 0.6 is 11.3 Å². The minimum Gasteiger partial charge on any atom is -0.463 e. The molecule has 1 aromatic carbocycles. The summed E-state index contributed by atoms with van der Waals surface area (Å²) < 4.78 is 7.15. The summed E-state index contributed by atoms with van der Waals surface area (Å²) in [5.41, 5.74) is 1.82. The van der Waals surface area contributed by atoms with E-state index in [1.165, 1.54) is 27.5 Å². The Kier molecular flexibility index (Phi) is 8.39. The monoisotopic (exact) mass is 444 g/mol. The fourth-order valence-electron chi connectivity index (χ4n) is 2.83. The molecule has 168 valence electrons. The number of hydrogen-bond acceptors (Lipinski definition) is 5. The van der Waals surface area contributed by atoms with Crippen LogP contribution < -0.4 is 20.1 Å². The number of esters is 1. The number of benzene rings is 1. The van der Waals surface area contributed by atoms with Crippen molar-refractivity contribution >= 4 is 35.4 Å². The van der Waals surface area contributed by atoms with Crippen molar-refractivity contribution in [3.05, 3.63) is 54.9 Å². The Balaban J connectivity index is 2.48. The highest BCUT2D eigenvalue weighted by molar-refractivity contribution is 7.07. The van der Waals surface area contributed by atoms with Gasteiger partial charge in [0.05, 0.1) is 17.2 Å². The summed E-state index contributed by atoms with van der Waals surface area (Å²) in [7, 11) is 0. The molecule has 31 heavy (non-hydrogen) atoms. The number of nitrogens with zero attached hydrogens (tertiary/aromatic N) is 1. The predicted octanol–water partition coefficient (Wildman–Crippen LogP) is 2.15. The van der Waals surface area contributed by atoms with Gasteiger partial charge in [0.15, 0.2) is 0 Å². The first-order valence-electron chi connectivity index (χ1n) is 10.5. The van der Waals surface area contributed by atoms with Gasteiger partial charge in [-0.15, -0.1) is 11.3 Å². The second kappa shape index (κ2) is 10.6. The Hall–Kier alpha value is -2.67. The van der Waals surface area contributed by atoms with Crippen LogP contribution in [0.4, 0.5) is 0 Å². The second-order valence-corrected chi connectivity index (χ2v) is 9.87. The highest BCUT2D eigenvalue weighted by Gasteiger charge is 2.13. The maximum atomic E-state index is 13.0. The quantitative estimate of drug-likeness (QED) is 0.664. The van der Waals surface area contributed by atoms with Crippen molar-refractivity contribution in [2.45, 2.75) is 53.5 Å². The molecule has 7 heteroatoms. The van der Waals surface area contributed by atoms with Crippen LogP contribution in [0.25, 0.3) is 12.2 Å². The van der Waals surface area contributed by atoms with Crippen molar-refractivity contribution in [1.29, 1.82) is 0 Å². The van der Waals surface area contributed by atoms with Crippen molar-refractivity contribution < 1.29 is 14.3 Å². The van der Waals surface area contributed by atoms with Crippen LogP contribution in [0.3, 0.4) is 0 Å². The van der Waals surface area contributed by atoms with E-state index in [0.717, 1.165) is 5.56 Å². The van der Waals surface area contributed by atoms with Gasteiger partial charge in [0.25, 0.3) is 5.56 Å². The Labute approximate surface area is 187 Å². The molecular formula is C24H32N2O4S. The molecule has 2 aromatic rings. The predicted molar refractivity (Wildman–Crippen MR) is 125 cm³/mol. The van der Waals surface area contributed by atoms with Gasteiger partial charge in [-0.3, -0.25) is 14.2 Å². The maximum Gasteiger partial charge on any atom is 0.333 e. The third kappa shape index (κ3) is 7.21. The maximum absolute atomic E-state index is 13.0. The van der Waals surface area contributed by atoms with Gasteiger partial charge in [-0.2, -0.15) is 0 Å². The van der Waals surface area contributed by atoms with Crippen LogP contribution in [-0.4, -0.2) is 29.6 Å². The molecule has 1 N–H and O–H groups in total. The van der Waals surface area contributed by atoms with Crippen LogP contribution in [0.5, 0.6) is 0 Å². The van der Waals surface area contributed by atoms with E-state index >= 15 is 0 Å². The van der Waals surface area contributed by atoms with Crippen LogP contribution in [0, 0.1) is 5.92 Å². The lowest BCUT2D eigenvalue weighted by atomic mass is 9.87. The van der Waals surface area contributed by atoms with Crippen LogP contribution in [0.2, 0.25) is 0 Å². The van der Waals surface area contributed by atoms with E-state index in [1.54, 1.807) is 13.0 Å². The molecule has 0 fully saturated rings. The smallest absolute Gasteiger partial charge is 0.333 e. The Morgan fingerprint density at radius 3 is 2.39 bits per heavy atom. The Morgan fingerprint density at radius 1 is 1.19 bits per heavy atom. The van der Waals surface area contributed by atoms with E-state index in [2.05, 4.69) is 26.1 Å². The van der Waals surface area contributed by atoms with Crippen molar-refractivity contribution in [3.8, 4) is 0 Å². The molecule has 0 saturated heterocycles. The zero-order valence-corrected chi connectivity index (χ0v) is 20.0. The number of amides is 1. The number of carbonyl (C=O) groups is 2. The van der Waals surface area contributed by atoms with Crippen molar-refractivity contribution in [2.75, 3.05) is 13.2 Å². The number of hydrogen-bond donors (Lipinski definition) is 1. The fraction of sp³-hybridized carbons (Fsp3) is 0.458. The molecule has 0 radical (unpaired) electrons. The zero-order valence-electron chi connectivity index (χ0n) is 19.2. The summed E-state index contributed by atoms with van der Waals surface area (Å²) in [6.07, 6.45) is 3.05. The molecule has 0 bridgehead atoms. The number of ether oxygens (including phenoxy) is 1. The molecule has 0 saturated carbocycles. The van der Waals surface area contributed by atoms with Crippen molar-refractivity contribution in [3.63, 3.8) is 0 Å². The van der Waals surface area contributed by atoms with E-state index in [0.29, 0.717) is 21.7 Å². The highest BCUT2D eigenvalue weighted by Crippen LogP contribution is 2.22. The third-order valence-corrected chi connectivity index (χ3v) is 5.61. The van der Waals surface area contributed by atoms with Gasteiger partial charge >= 0.3 is 5.97 Å². The van der Waals surface area contributed by atoms with Gasteiger partial charge < -0.3 is 10.1 Å². The SMILES string of the molecule is CCOC(=O)/C=c1\s/c(=C/c2ccc(C(C)(C)C)cc2)c(=O)n1CC(=O)NCC(C)C. The van der Waals surface area contributed by atoms with Gasteiger partial charge in [0.2, 0.25) is 5.91 Å². The lowest BCUT2D eigenvalue weighted by Crippen LogP contribution is -2.39. The van der Waals surface area contributed by atoms with Crippen LogP contribution in [0.15, 0.2) is 29.1 Å². The van der Waals surface area contributed by atoms with Crippen LogP contribution in [-0.2, 0) is 26.3 Å². The third-order valence-electron chi connectivity index (χ3n) is 4.55. The van der Waals surface area contributed by atoms with Crippen molar-refractivity contribution in [2.24, 2.45) is 5.92 Å². The van der Waals surface area contributed by atoms with Crippen LogP contribution in [0.1, 0.15) is 52.7 Å².